The third kappa shape index (κ3) is 2.47. The molecule has 0 saturated carbocycles. The van der Waals surface area contributed by atoms with Crippen molar-refractivity contribution in [2.24, 2.45) is 0 Å². The number of hydrogen-bond acceptors (Lipinski definition) is 1. The van der Waals surface area contributed by atoms with Crippen molar-refractivity contribution in [3.63, 3.8) is 0 Å². The van der Waals surface area contributed by atoms with Crippen LogP contribution < -0.4 is 0 Å². The Labute approximate surface area is 79.1 Å². The zero-order valence-corrected chi connectivity index (χ0v) is 7.49. The van der Waals surface area contributed by atoms with Crippen molar-refractivity contribution in [3.8, 4) is 0 Å². The Morgan fingerprint density at radius 2 is 2.17 bits per heavy atom. The van der Waals surface area contributed by atoms with Gasteiger partial charge in [0.05, 0.1) is 0 Å². The molecule has 0 aliphatic heterocycles. The maximum Gasteiger partial charge on any atom is 0.226 e. The van der Waals surface area contributed by atoms with Gasteiger partial charge >= 0.3 is 0 Å². The van der Waals surface area contributed by atoms with E-state index in [1.54, 1.807) is 0 Å². The summed E-state index contributed by atoms with van der Waals surface area (Å²) in [5.41, 5.74) is 0.263. The molecule has 0 aliphatic rings. The summed E-state index contributed by atoms with van der Waals surface area (Å²) in [5, 5.41) is -0.283. The molecule has 0 fully saturated rings. The van der Waals surface area contributed by atoms with Crippen LogP contribution in [0.15, 0.2) is 18.2 Å². The predicted molar refractivity (Wildman–Crippen MR) is 46.0 cm³/mol. The Kier molecular flexibility index (Phi) is 3.06. The average molecular weight is 207 g/mol. The topological polar surface area (TPSA) is 17.1 Å². The summed E-state index contributed by atoms with van der Waals surface area (Å²) in [6, 6.07) is 4.11. The van der Waals surface area contributed by atoms with Crippen LogP contribution >= 0.6 is 23.2 Å². The number of hydrogen-bond donors (Lipinski definition) is 0. The molecule has 12 heavy (non-hydrogen) atoms. The Balaban J connectivity index is 2.93. The van der Waals surface area contributed by atoms with Gasteiger partial charge in [-0.1, -0.05) is 17.7 Å². The van der Waals surface area contributed by atoms with Crippen molar-refractivity contribution in [2.45, 2.75) is 6.42 Å². The minimum atomic E-state index is -0.587. The van der Waals surface area contributed by atoms with E-state index in [0.29, 0.717) is 5.02 Å². The van der Waals surface area contributed by atoms with Gasteiger partial charge in [0.2, 0.25) is 5.24 Å². The van der Waals surface area contributed by atoms with Crippen LogP contribution in [-0.4, -0.2) is 5.24 Å². The van der Waals surface area contributed by atoms with Gasteiger partial charge in [-0.2, -0.15) is 0 Å². The van der Waals surface area contributed by atoms with E-state index in [-0.39, 0.29) is 12.0 Å². The quantitative estimate of drug-likeness (QED) is 0.681. The molecule has 0 spiro atoms. The Hall–Kier alpha value is -0.600. The van der Waals surface area contributed by atoms with Crippen LogP contribution in [0, 0.1) is 5.82 Å². The third-order valence-corrected chi connectivity index (χ3v) is 1.71. The molecule has 64 valence electrons. The Bertz CT molecular complexity index is 312. The summed E-state index contributed by atoms with van der Waals surface area (Å²) in [5.74, 6) is -0.503. The van der Waals surface area contributed by atoms with E-state index in [0.717, 1.165) is 6.07 Å². The first-order chi connectivity index (χ1) is 5.59. The standard InChI is InChI=1S/C8H5Cl2FO/c9-6-2-1-5(3-8(10)12)7(11)4-6/h1-2,4H,3H2. The molecular weight excluding hydrogens is 202 g/mol. The molecule has 1 aromatic rings. The predicted octanol–water partition coefficient (Wildman–Crippen LogP) is 2.79. The van der Waals surface area contributed by atoms with Crippen LogP contribution in [0.25, 0.3) is 0 Å². The summed E-state index contributed by atoms with van der Waals surface area (Å²) in [6.45, 7) is 0. The van der Waals surface area contributed by atoms with Crippen LogP contribution in [-0.2, 0) is 11.2 Å². The number of rotatable bonds is 2. The molecule has 0 aromatic heterocycles. The van der Waals surface area contributed by atoms with E-state index in [1.807, 2.05) is 0 Å². The lowest BCUT2D eigenvalue weighted by Gasteiger charge is -1.98. The lowest BCUT2D eigenvalue weighted by molar-refractivity contribution is -0.111. The van der Waals surface area contributed by atoms with Gasteiger partial charge in [-0.3, -0.25) is 4.79 Å². The number of carbonyl (C=O) groups is 1. The van der Waals surface area contributed by atoms with E-state index in [4.69, 9.17) is 23.2 Å². The van der Waals surface area contributed by atoms with Crippen molar-refractivity contribution >= 4 is 28.4 Å². The van der Waals surface area contributed by atoms with E-state index >= 15 is 0 Å². The molecule has 0 atom stereocenters. The molecular formula is C8H5Cl2FO. The van der Waals surface area contributed by atoms with Crippen molar-refractivity contribution in [1.82, 2.24) is 0 Å². The van der Waals surface area contributed by atoms with E-state index in [9.17, 15) is 9.18 Å². The Morgan fingerprint density at radius 1 is 1.50 bits per heavy atom. The molecule has 4 heteroatoms. The fraction of sp³-hybridized carbons (Fsp3) is 0.125. The van der Waals surface area contributed by atoms with Crippen LogP contribution in [0.5, 0.6) is 0 Å². The number of halogens is 3. The summed E-state index contributed by atoms with van der Waals surface area (Å²) in [6.07, 6.45) is -0.107. The highest BCUT2D eigenvalue weighted by Gasteiger charge is 2.05. The first kappa shape index (κ1) is 9.49. The largest absolute Gasteiger partial charge is 0.281 e. The first-order valence-corrected chi connectivity index (χ1v) is 3.97. The SMILES string of the molecule is O=C(Cl)Cc1ccc(Cl)cc1F. The molecule has 0 N–H and O–H groups in total. The molecule has 0 unspecified atom stereocenters. The van der Waals surface area contributed by atoms with Gasteiger partial charge in [0, 0.05) is 11.4 Å². The summed E-state index contributed by atoms with van der Waals surface area (Å²) in [4.78, 5) is 10.4. The van der Waals surface area contributed by atoms with Crippen molar-refractivity contribution in [2.75, 3.05) is 0 Å². The molecule has 0 amide bonds. The van der Waals surface area contributed by atoms with Crippen LogP contribution in [0.1, 0.15) is 5.56 Å². The molecule has 0 bridgehead atoms. The van der Waals surface area contributed by atoms with Gasteiger partial charge < -0.3 is 0 Å². The van der Waals surface area contributed by atoms with Crippen molar-refractivity contribution < 1.29 is 9.18 Å². The molecule has 0 heterocycles. The highest BCUT2D eigenvalue weighted by molar-refractivity contribution is 6.63. The third-order valence-electron chi connectivity index (χ3n) is 1.34. The van der Waals surface area contributed by atoms with Gasteiger partial charge in [0.1, 0.15) is 5.82 Å². The van der Waals surface area contributed by atoms with E-state index < -0.39 is 11.1 Å². The number of benzene rings is 1. The van der Waals surface area contributed by atoms with Gasteiger partial charge in [0.15, 0.2) is 0 Å². The van der Waals surface area contributed by atoms with E-state index in [1.165, 1.54) is 12.1 Å². The van der Waals surface area contributed by atoms with Gasteiger partial charge in [-0.25, -0.2) is 4.39 Å². The smallest absolute Gasteiger partial charge is 0.226 e. The lowest BCUT2D eigenvalue weighted by atomic mass is 10.1. The minimum Gasteiger partial charge on any atom is -0.281 e. The Morgan fingerprint density at radius 3 is 2.67 bits per heavy atom. The molecule has 1 aromatic carbocycles. The maximum atomic E-state index is 12.9. The van der Waals surface area contributed by atoms with Crippen LogP contribution in [0.4, 0.5) is 4.39 Å². The fourth-order valence-electron chi connectivity index (χ4n) is 0.815. The van der Waals surface area contributed by atoms with Crippen molar-refractivity contribution in [1.29, 1.82) is 0 Å². The summed E-state index contributed by atoms with van der Waals surface area (Å²) < 4.78 is 12.9. The second kappa shape index (κ2) is 3.87. The lowest BCUT2D eigenvalue weighted by Crippen LogP contribution is -1.96. The van der Waals surface area contributed by atoms with Gasteiger partial charge in [0.25, 0.3) is 0 Å². The van der Waals surface area contributed by atoms with E-state index in [2.05, 4.69) is 0 Å². The first-order valence-electron chi connectivity index (χ1n) is 3.22. The zero-order chi connectivity index (χ0) is 9.14. The average Bonchev–Trinajstić information content (AvgIpc) is 1.94. The molecule has 0 radical (unpaired) electrons. The van der Waals surface area contributed by atoms with Crippen LogP contribution in [0.3, 0.4) is 0 Å². The summed E-state index contributed by atoms with van der Waals surface area (Å²) in [7, 11) is 0. The monoisotopic (exact) mass is 206 g/mol. The summed E-state index contributed by atoms with van der Waals surface area (Å²) >= 11 is 10.6. The van der Waals surface area contributed by atoms with Crippen molar-refractivity contribution in [3.05, 3.63) is 34.6 Å². The normalized spacial score (nSPS) is 9.92. The zero-order valence-electron chi connectivity index (χ0n) is 5.98. The number of carbonyl (C=O) groups excluding carboxylic acids is 1. The molecule has 0 aliphatic carbocycles. The highest BCUT2D eigenvalue weighted by atomic mass is 35.5. The molecule has 1 nitrogen and oxygen atoms in total. The highest BCUT2D eigenvalue weighted by Crippen LogP contribution is 2.15. The van der Waals surface area contributed by atoms with Gasteiger partial charge in [-0.15, -0.1) is 0 Å². The second-order valence-electron chi connectivity index (χ2n) is 2.27. The maximum absolute atomic E-state index is 12.9. The second-order valence-corrected chi connectivity index (χ2v) is 3.13. The minimum absolute atomic E-state index is 0.107. The molecule has 0 saturated heterocycles. The van der Waals surface area contributed by atoms with Crippen LogP contribution in [0.2, 0.25) is 5.02 Å². The van der Waals surface area contributed by atoms with Gasteiger partial charge in [-0.05, 0) is 29.3 Å². The molecule has 1 rings (SSSR count). The fourth-order valence-corrected chi connectivity index (χ4v) is 1.12.